The molecule has 0 radical (unpaired) electrons. The van der Waals surface area contributed by atoms with E-state index < -0.39 is 6.03 Å². The van der Waals surface area contributed by atoms with Crippen molar-refractivity contribution in [2.45, 2.75) is 40.2 Å². The summed E-state index contributed by atoms with van der Waals surface area (Å²) < 4.78 is 0. The number of urea groups is 1. The van der Waals surface area contributed by atoms with Gasteiger partial charge in [0.2, 0.25) is 5.91 Å². The highest BCUT2D eigenvalue weighted by molar-refractivity contribution is 5.95. The number of nitrogens with one attached hydrogen (secondary N) is 2. The van der Waals surface area contributed by atoms with Crippen LogP contribution in [0.2, 0.25) is 0 Å². The molecule has 0 unspecified atom stereocenters. The third kappa shape index (κ3) is 6.72. The van der Waals surface area contributed by atoms with Gasteiger partial charge in [0, 0.05) is 13.1 Å². The molecular weight excluding hydrogens is 278 g/mol. The molecule has 0 saturated carbocycles. The summed E-state index contributed by atoms with van der Waals surface area (Å²) >= 11 is 0. The van der Waals surface area contributed by atoms with Crippen LogP contribution in [0.15, 0.2) is 18.2 Å². The summed E-state index contributed by atoms with van der Waals surface area (Å²) in [4.78, 5) is 25.2. The first-order chi connectivity index (χ1) is 10.4. The zero-order valence-electron chi connectivity index (χ0n) is 14.0. The molecule has 0 fully saturated rings. The van der Waals surface area contributed by atoms with E-state index in [1.807, 2.05) is 18.9 Å². The van der Waals surface area contributed by atoms with E-state index in [-0.39, 0.29) is 12.5 Å². The predicted molar refractivity (Wildman–Crippen MR) is 88.7 cm³/mol. The van der Waals surface area contributed by atoms with Gasteiger partial charge in [0.15, 0.2) is 0 Å². The van der Waals surface area contributed by atoms with Gasteiger partial charge in [0.25, 0.3) is 0 Å². The number of carbonyl (C=O) groups excluding carboxylic acids is 2. The molecule has 5 heteroatoms. The van der Waals surface area contributed by atoms with Crippen LogP contribution in [0, 0.1) is 13.8 Å². The van der Waals surface area contributed by atoms with E-state index in [9.17, 15) is 9.59 Å². The summed E-state index contributed by atoms with van der Waals surface area (Å²) in [6.45, 7) is 7.63. The number of carbonyl (C=O) groups is 2. The second-order valence-electron chi connectivity index (χ2n) is 5.76. The smallest absolute Gasteiger partial charge is 0.321 e. The Morgan fingerprint density at radius 3 is 2.59 bits per heavy atom. The number of hydrogen-bond donors (Lipinski definition) is 2. The molecule has 5 nitrogen and oxygen atoms in total. The lowest BCUT2D eigenvalue weighted by atomic mass is 10.1. The zero-order chi connectivity index (χ0) is 16.5. The summed E-state index contributed by atoms with van der Waals surface area (Å²) in [7, 11) is 1.87. The molecule has 0 spiro atoms. The minimum atomic E-state index is -0.418. The summed E-state index contributed by atoms with van der Waals surface area (Å²) in [5, 5.41) is 5.01. The van der Waals surface area contributed by atoms with Gasteiger partial charge in [-0.15, -0.1) is 0 Å². The third-order valence-electron chi connectivity index (χ3n) is 3.42. The molecule has 0 atom stereocenters. The Morgan fingerprint density at radius 1 is 1.23 bits per heavy atom. The fourth-order valence-corrected chi connectivity index (χ4v) is 2.20. The van der Waals surface area contributed by atoms with Gasteiger partial charge < -0.3 is 5.32 Å². The number of hydrogen-bond acceptors (Lipinski definition) is 3. The molecule has 0 saturated heterocycles. The Hall–Kier alpha value is -1.88. The van der Waals surface area contributed by atoms with Crippen molar-refractivity contribution in [3.8, 4) is 0 Å². The van der Waals surface area contributed by atoms with Crippen molar-refractivity contribution in [2.24, 2.45) is 0 Å². The van der Waals surface area contributed by atoms with Crippen LogP contribution < -0.4 is 10.6 Å². The lowest BCUT2D eigenvalue weighted by Gasteiger charge is -2.17. The molecule has 122 valence electrons. The van der Waals surface area contributed by atoms with E-state index in [4.69, 9.17) is 0 Å². The van der Waals surface area contributed by atoms with E-state index in [0.717, 1.165) is 12.8 Å². The largest absolute Gasteiger partial charge is 0.338 e. The molecule has 1 aromatic carbocycles. The van der Waals surface area contributed by atoms with Gasteiger partial charge in [-0.3, -0.25) is 15.0 Å². The first kappa shape index (κ1) is 18.2. The maximum Gasteiger partial charge on any atom is 0.321 e. The zero-order valence-corrected chi connectivity index (χ0v) is 14.0. The number of rotatable bonds is 7. The number of amides is 3. The van der Waals surface area contributed by atoms with Crippen LogP contribution >= 0.6 is 0 Å². The number of benzene rings is 1. The van der Waals surface area contributed by atoms with Gasteiger partial charge in [-0.2, -0.15) is 0 Å². The second kappa shape index (κ2) is 9.20. The molecule has 0 heterocycles. The van der Waals surface area contributed by atoms with Crippen LogP contribution in [0.3, 0.4) is 0 Å². The first-order valence-corrected chi connectivity index (χ1v) is 7.74. The fourth-order valence-electron chi connectivity index (χ4n) is 2.20. The molecule has 2 N–H and O–H groups in total. The Balaban J connectivity index is 2.39. The average Bonchev–Trinajstić information content (AvgIpc) is 2.42. The average molecular weight is 305 g/mol. The number of nitrogens with zero attached hydrogens (tertiary/aromatic N) is 1. The van der Waals surface area contributed by atoms with Crippen molar-refractivity contribution in [3.05, 3.63) is 34.9 Å². The Labute approximate surface area is 133 Å². The van der Waals surface area contributed by atoms with Crippen molar-refractivity contribution < 1.29 is 9.59 Å². The van der Waals surface area contributed by atoms with Crippen LogP contribution in [0.5, 0.6) is 0 Å². The van der Waals surface area contributed by atoms with E-state index in [1.54, 1.807) is 0 Å². The summed E-state index contributed by atoms with van der Waals surface area (Å²) in [5.41, 5.74) is 3.63. The molecule has 0 bridgehead atoms. The van der Waals surface area contributed by atoms with Crippen molar-refractivity contribution >= 4 is 11.9 Å². The third-order valence-corrected chi connectivity index (χ3v) is 3.42. The number of aryl methyl sites for hydroxylation is 2. The fraction of sp³-hybridized carbons (Fsp3) is 0.529. The summed E-state index contributed by atoms with van der Waals surface area (Å²) in [6.07, 6.45) is 1.92. The molecular formula is C17H27N3O2. The van der Waals surface area contributed by atoms with Gasteiger partial charge in [0.1, 0.15) is 0 Å². The maximum atomic E-state index is 11.8. The molecule has 22 heavy (non-hydrogen) atoms. The van der Waals surface area contributed by atoms with Gasteiger partial charge >= 0.3 is 6.03 Å². The van der Waals surface area contributed by atoms with Crippen molar-refractivity contribution in [2.75, 3.05) is 20.1 Å². The Bertz CT molecular complexity index is 515. The molecule has 0 aromatic heterocycles. The Kier molecular flexibility index (Phi) is 7.60. The molecule has 0 aliphatic carbocycles. The first-order valence-electron chi connectivity index (χ1n) is 7.74. The number of likely N-dealkylation sites (N-methyl/N-ethyl adjacent to an activating group) is 1. The van der Waals surface area contributed by atoms with Crippen molar-refractivity contribution in [1.29, 1.82) is 0 Å². The molecule has 0 aliphatic heterocycles. The number of unbranched alkanes of at least 4 members (excludes halogenated alkanes) is 1. The highest BCUT2D eigenvalue weighted by Gasteiger charge is 2.11. The lowest BCUT2D eigenvalue weighted by Crippen LogP contribution is -2.43. The molecule has 1 rings (SSSR count). The van der Waals surface area contributed by atoms with Crippen LogP contribution in [0.4, 0.5) is 4.79 Å². The topological polar surface area (TPSA) is 61.4 Å². The predicted octanol–water partition coefficient (Wildman–Crippen LogP) is 2.36. The minimum Gasteiger partial charge on any atom is -0.338 e. The molecule has 3 amide bonds. The van der Waals surface area contributed by atoms with Crippen LogP contribution in [-0.2, 0) is 11.3 Å². The lowest BCUT2D eigenvalue weighted by molar-refractivity contribution is -0.120. The maximum absolute atomic E-state index is 11.8. The van der Waals surface area contributed by atoms with Crippen molar-refractivity contribution in [3.63, 3.8) is 0 Å². The van der Waals surface area contributed by atoms with Gasteiger partial charge in [0.05, 0.1) is 6.54 Å². The second-order valence-corrected chi connectivity index (χ2v) is 5.76. The van der Waals surface area contributed by atoms with Gasteiger partial charge in [-0.05, 0) is 38.4 Å². The van der Waals surface area contributed by atoms with E-state index >= 15 is 0 Å². The van der Waals surface area contributed by atoms with E-state index in [2.05, 4.69) is 42.7 Å². The standard InChI is InChI=1S/C17H27N3O2/c1-5-6-9-18-17(22)19-16(21)12-20(4)11-15-8-7-13(2)10-14(15)3/h7-8,10H,5-6,9,11-12H2,1-4H3,(H2,18,19,21,22). The quantitative estimate of drug-likeness (QED) is 0.760. The SMILES string of the molecule is CCCCNC(=O)NC(=O)CN(C)Cc1ccc(C)cc1C. The van der Waals surface area contributed by atoms with E-state index in [0.29, 0.717) is 13.1 Å². The summed E-state index contributed by atoms with van der Waals surface area (Å²) in [6, 6.07) is 5.86. The van der Waals surface area contributed by atoms with E-state index in [1.165, 1.54) is 16.7 Å². The Morgan fingerprint density at radius 2 is 1.95 bits per heavy atom. The van der Waals surface area contributed by atoms with Crippen molar-refractivity contribution in [1.82, 2.24) is 15.5 Å². The van der Waals surface area contributed by atoms with Crippen LogP contribution in [-0.4, -0.2) is 37.0 Å². The minimum absolute atomic E-state index is 0.189. The van der Waals surface area contributed by atoms with Crippen LogP contribution in [0.1, 0.15) is 36.5 Å². The highest BCUT2D eigenvalue weighted by atomic mass is 16.2. The van der Waals surface area contributed by atoms with Gasteiger partial charge in [-0.25, -0.2) is 4.79 Å². The number of imide groups is 1. The van der Waals surface area contributed by atoms with Gasteiger partial charge in [-0.1, -0.05) is 37.1 Å². The highest BCUT2D eigenvalue weighted by Crippen LogP contribution is 2.12. The normalized spacial score (nSPS) is 10.6. The van der Waals surface area contributed by atoms with Crippen LogP contribution in [0.25, 0.3) is 0 Å². The molecule has 1 aromatic rings. The molecule has 0 aliphatic rings. The monoisotopic (exact) mass is 305 g/mol. The summed E-state index contributed by atoms with van der Waals surface area (Å²) in [5.74, 6) is -0.290.